The Morgan fingerprint density at radius 1 is 0.960 bits per heavy atom. The third kappa shape index (κ3) is 3.01. The Balaban J connectivity index is 1.82. The molecule has 4 rings (SSSR count). The van der Waals surface area contributed by atoms with Crippen molar-refractivity contribution in [1.82, 2.24) is 9.97 Å². The molecule has 124 valence electrons. The van der Waals surface area contributed by atoms with Gasteiger partial charge in [-0.1, -0.05) is 0 Å². The molecule has 0 saturated carbocycles. The Hall–Kier alpha value is -3.06. The average Bonchev–Trinajstić information content (AvgIpc) is 3.07. The molecular formula is C18H11F2N3OS. The number of halogens is 2. The zero-order chi connectivity index (χ0) is 17.4. The smallest absolute Gasteiger partial charge is 0.241 e. The molecule has 0 aliphatic heterocycles. The average molecular weight is 355 g/mol. The van der Waals surface area contributed by atoms with Gasteiger partial charge in [0.2, 0.25) is 5.88 Å². The highest BCUT2D eigenvalue weighted by molar-refractivity contribution is 7.17. The number of anilines is 1. The minimum absolute atomic E-state index is 0.0990. The molecule has 0 spiro atoms. The Morgan fingerprint density at radius 3 is 2.52 bits per heavy atom. The van der Waals surface area contributed by atoms with Gasteiger partial charge in [0.25, 0.3) is 0 Å². The second kappa shape index (κ2) is 6.10. The van der Waals surface area contributed by atoms with Crippen LogP contribution in [-0.2, 0) is 0 Å². The highest BCUT2D eigenvalue weighted by atomic mass is 32.1. The zero-order valence-electron chi connectivity index (χ0n) is 12.7. The SMILES string of the molecule is Nc1ccc(-c2nc(Oc3ccc(F)cc3F)c3sccc3n2)cc1. The van der Waals surface area contributed by atoms with Crippen LogP contribution in [0.3, 0.4) is 0 Å². The molecule has 4 aromatic rings. The summed E-state index contributed by atoms with van der Waals surface area (Å²) in [6.07, 6.45) is 0. The van der Waals surface area contributed by atoms with Gasteiger partial charge in [-0.05, 0) is 47.8 Å². The molecule has 2 heterocycles. The van der Waals surface area contributed by atoms with E-state index in [1.54, 1.807) is 24.3 Å². The molecule has 2 aromatic heterocycles. The first kappa shape index (κ1) is 15.5. The fourth-order valence-corrected chi connectivity index (χ4v) is 3.08. The van der Waals surface area contributed by atoms with E-state index in [0.29, 0.717) is 21.7 Å². The van der Waals surface area contributed by atoms with Crippen LogP contribution in [0.1, 0.15) is 0 Å². The lowest BCUT2D eigenvalue weighted by atomic mass is 10.2. The molecule has 0 atom stereocenters. The van der Waals surface area contributed by atoms with Gasteiger partial charge >= 0.3 is 0 Å². The van der Waals surface area contributed by atoms with E-state index in [1.165, 1.54) is 17.4 Å². The minimum Gasteiger partial charge on any atom is -0.434 e. The molecule has 0 aliphatic carbocycles. The van der Waals surface area contributed by atoms with Crippen molar-refractivity contribution in [3.05, 3.63) is 65.5 Å². The standard InChI is InChI=1S/C18H11F2N3OS/c19-11-3-6-15(13(20)9-11)24-18-16-14(7-8-25-16)22-17(23-18)10-1-4-12(21)5-2-10/h1-9H,21H2. The van der Waals surface area contributed by atoms with Crippen LogP contribution >= 0.6 is 11.3 Å². The van der Waals surface area contributed by atoms with Gasteiger partial charge in [0.15, 0.2) is 17.4 Å². The van der Waals surface area contributed by atoms with Crippen molar-refractivity contribution in [2.24, 2.45) is 0 Å². The maximum Gasteiger partial charge on any atom is 0.241 e. The van der Waals surface area contributed by atoms with Crippen molar-refractivity contribution in [3.63, 3.8) is 0 Å². The molecule has 0 amide bonds. The molecule has 7 heteroatoms. The van der Waals surface area contributed by atoms with Crippen LogP contribution in [-0.4, -0.2) is 9.97 Å². The lowest BCUT2D eigenvalue weighted by molar-refractivity contribution is 0.429. The summed E-state index contributed by atoms with van der Waals surface area (Å²) >= 11 is 1.38. The number of benzene rings is 2. The van der Waals surface area contributed by atoms with Gasteiger partial charge in [0, 0.05) is 17.3 Å². The number of hydrogen-bond donors (Lipinski definition) is 1. The van der Waals surface area contributed by atoms with E-state index >= 15 is 0 Å². The maximum absolute atomic E-state index is 13.9. The highest BCUT2D eigenvalue weighted by Gasteiger charge is 2.15. The number of ether oxygens (including phenoxy) is 1. The van der Waals surface area contributed by atoms with E-state index < -0.39 is 11.6 Å². The second-order valence-electron chi connectivity index (χ2n) is 5.29. The Kier molecular flexibility index (Phi) is 3.77. The van der Waals surface area contributed by atoms with Gasteiger partial charge in [-0.25, -0.2) is 13.8 Å². The lowest BCUT2D eigenvalue weighted by Gasteiger charge is -2.09. The number of hydrogen-bond acceptors (Lipinski definition) is 5. The van der Waals surface area contributed by atoms with Gasteiger partial charge in [0.05, 0.1) is 5.52 Å². The van der Waals surface area contributed by atoms with Crippen LogP contribution in [0.4, 0.5) is 14.5 Å². The van der Waals surface area contributed by atoms with Crippen LogP contribution in [0.2, 0.25) is 0 Å². The van der Waals surface area contributed by atoms with Crippen LogP contribution in [0, 0.1) is 11.6 Å². The van der Waals surface area contributed by atoms with Crippen molar-refractivity contribution >= 4 is 27.2 Å². The van der Waals surface area contributed by atoms with Gasteiger partial charge < -0.3 is 10.5 Å². The number of nitrogens with zero attached hydrogens (tertiary/aromatic N) is 2. The summed E-state index contributed by atoms with van der Waals surface area (Å²) in [5.41, 5.74) is 7.77. The van der Waals surface area contributed by atoms with E-state index in [9.17, 15) is 8.78 Å². The van der Waals surface area contributed by atoms with Crippen LogP contribution in [0.5, 0.6) is 11.6 Å². The molecule has 2 N–H and O–H groups in total. The van der Waals surface area contributed by atoms with Gasteiger partial charge in [0.1, 0.15) is 10.5 Å². The molecule has 0 bridgehead atoms. The molecule has 0 fully saturated rings. The molecule has 0 aliphatic rings. The van der Waals surface area contributed by atoms with Crippen LogP contribution in [0.15, 0.2) is 53.9 Å². The Bertz CT molecular complexity index is 1060. The van der Waals surface area contributed by atoms with E-state index in [0.717, 1.165) is 17.7 Å². The van der Waals surface area contributed by atoms with Gasteiger partial charge in [-0.15, -0.1) is 11.3 Å². The fraction of sp³-hybridized carbons (Fsp3) is 0. The molecule has 0 saturated heterocycles. The summed E-state index contributed by atoms with van der Waals surface area (Å²) < 4.78 is 33.3. The largest absolute Gasteiger partial charge is 0.434 e. The Morgan fingerprint density at radius 2 is 1.76 bits per heavy atom. The van der Waals surface area contributed by atoms with Crippen LogP contribution in [0.25, 0.3) is 21.6 Å². The van der Waals surface area contributed by atoms with Crippen molar-refractivity contribution in [3.8, 4) is 23.0 Å². The second-order valence-corrected chi connectivity index (χ2v) is 6.20. The molecule has 0 unspecified atom stereocenters. The third-order valence-corrected chi connectivity index (χ3v) is 4.43. The third-order valence-electron chi connectivity index (χ3n) is 3.54. The van der Waals surface area contributed by atoms with Crippen LogP contribution < -0.4 is 10.5 Å². The summed E-state index contributed by atoms with van der Waals surface area (Å²) in [4.78, 5) is 8.91. The van der Waals surface area contributed by atoms with E-state index in [2.05, 4.69) is 9.97 Å². The minimum atomic E-state index is -0.794. The molecule has 2 aromatic carbocycles. The first-order chi connectivity index (χ1) is 12.1. The predicted molar refractivity (Wildman–Crippen MR) is 93.7 cm³/mol. The number of fused-ring (bicyclic) bond motifs is 1. The fourth-order valence-electron chi connectivity index (χ4n) is 2.33. The molecular weight excluding hydrogens is 344 g/mol. The summed E-state index contributed by atoms with van der Waals surface area (Å²) in [5.74, 6) is -0.910. The van der Waals surface area contributed by atoms with Gasteiger partial charge in [-0.2, -0.15) is 4.98 Å². The summed E-state index contributed by atoms with van der Waals surface area (Å²) in [6.45, 7) is 0. The first-order valence-electron chi connectivity index (χ1n) is 7.34. The van der Waals surface area contributed by atoms with E-state index in [-0.39, 0.29) is 11.6 Å². The Labute approximate surface area is 145 Å². The molecule has 25 heavy (non-hydrogen) atoms. The number of nitrogen functional groups attached to an aromatic ring is 1. The van der Waals surface area contributed by atoms with Gasteiger partial charge in [-0.3, -0.25) is 0 Å². The predicted octanol–water partition coefficient (Wildman–Crippen LogP) is 5.01. The molecule has 0 radical (unpaired) electrons. The summed E-state index contributed by atoms with van der Waals surface area (Å²) in [7, 11) is 0. The summed E-state index contributed by atoms with van der Waals surface area (Å²) in [6, 6.07) is 12.0. The summed E-state index contributed by atoms with van der Waals surface area (Å²) in [5, 5.41) is 1.85. The van der Waals surface area contributed by atoms with Crippen molar-refractivity contribution in [2.45, 2.75) is 0 Å². The van der Waals surface area contributed by atoms with E-state index in [4.69, 9.17) is 10.5 Å². The number of aromatic nitrogens is 2. The highest BCUT2D eigenvalue weighted by Crippen LogP contribution is 2.34. The van der Waals surface area contributed by atoms with E-state index in [1.807, 2.05) is 11.4 Å². The number of nitrogens with two attached hydrogens (primary N) is 1. The quantitative estimate of drug-likeness (QED) is 0.525. The monoisotopic (exact) mass is 355 g/mol. The van der Waals surface area contributed by atoms with Crippen molar-refractivity contribution in [2.75, 3.05) is 5.73 Å². The zero-order valence-corrected chi connectivity index (χ0v) is 13.6. The normalized spacial score (nSPS) is 11.0. The number of thiophene rings is 1. The topological polar surface area (TPSA) is 61.0 Å². The van der Waals surface area contributed by atoms with Crippen molar-refractivity contribution in [1.29, 1.82) is 0 Å². The maximum atomic E-state index is 13.9. The number of rotatable bonds is 3. The first-order valence-corrected chi connectivity index (χ1v) is 8.22. The van der Waals surface area contributed by atoms with Crippen molar-refractivity contribution < 1.29 is 13.5 Å². The lowest BCUT2D eigenvalue weighted by Crippen LogP contribution is -1.96. The molecule has 4 nitrogen and oxygen atoms in total.